The van der Waals surface area contributed by atoms with Crippen molar-refractivity contribution < 1.29 is 24.2 Å². The van der Waals surface area contributed by atoms with Gasteiger partial charge in [0.1, 0.15) is 6.42 Å². The van der Waals surface area contributed by atoms with Crippen molar-refractivity contribution in [3.05, 3.63) is 29.3 Å². The molecule has 0 atom stereocenters. The average molecular weight is 251 g/mol. The van der Waals surface area contributed by atoms with Crippen LogP contribution in [-0.2, 0) is 14.3 Å². The topological polar surface area (TPSA) is 92.7 Å². The first-order valence-corrected chi connectivity index (χ1v) is 5.14. The van der Waals surface area contributed by atoms with Gasteiger partial charge in [-0.1, -0.05) is 11.6 Å². The molecule has 1 aromatic rings. The fourth-order valence-electron chi connectivity index (χ4n) is 1.38. The molecule has 0 radical (unpaired) electrons. The van der Waals surface area contributed by atoms with Crippen molar-refractivity contribution in [2.24, 2.45) is 0 Å². The van der Waals surface area contributed by atoms with E-state index in [4.69, 9.17) is 5.11 Å². The molecule has 0 fully saturated rings. The van der Waals surface area contributed by atoms with Crippen molar-refractivity contribution in [1.82, 2.24) is 0 Å². The third-order valence-electron chi connectivity index (χ3n) is 2.17. The van der Waals surface area contributed by atoms with Crippen molar-refractivity contribution in [1.29, 1.82) is 0 Å². The van der Waals surface area contributed by atoms with E-state index in [2.05, 4.69) is 10.1 Å². The Morgan fingerprint density at radius 3 is 2.56 bits per heavy atom. The van der Waals surface area contributed by atoms with Crippen molar-refractivity contribution in [2.45, 2.75) is 13.3 Å². The number of carbonyl (C=O) groups is 3. The summed E-state index contributed by atoms with van der Waals surface area (Å²) in [7, 11) is 1.23. The molecule has 1 rings (SSSR count). The molecule has 0 heterocycles. The maximum Gasteiger partial charge on any atom is 0.339 e. The Morgan fingerprint density at radius 2 is 2.00 bits per heavy atom. The minimum atomic E-state index is -1.24. The highest BCUT2D eigenvalue weighted by Crippen LogP contribution is 2.18. The number of benzene rings is 1. The lowest BCUT2D eigenvalue weighted by molar-refractivity contribution is -0.139. The molecule has 0 spiro atoms. The van der Waals surface area contributed by atoms with Crippen LogP contribution in [0.2, 0.25) is 0 Å². The van der Waals surface area contributed by atoms with E-state index in [-0.39, 0.29) is 11.3 Å². The number of hydrogen-bond acceptors (Lipinski definition) is 4. The average Bonchev–Trinajstić information content (AvgIpc) is 2.29. The van der Waals surface area contributed by atoms with E-state index in [1.54, 1.807) is 19.1 Å². The van der Waals surface area contributed by atoms with Crippen molar-refractivity contribution in [2.75, 3.05) is 12.4 Å². The van der Waals surface area contributed by atoms with Crippen molar-refractivity contribution >= 4 is 23.5 Å². The lowest BCUT2D eigenvalue weighted by Crippen LogP contribution is -2.18. The summed E-state index contributed by atoms with van der Waals surface area (Å²) >= 11 is 0. The number of nitrogens with one attached hydrogen (secondary N) is 1. The first kappa shape index (κ1) is 13.7. The fraction of sp³-hybridized carbons (Fsp3) is 0.250. The summed E-state index contributed by atoms with van der Waals surface area (Å²) < 4.78 is 4.59. The molecule has 0 saturated carbocycles. The van der Waals surface area contributed by atoms with E-state index in [1.807, 2.05) is 0 Å². The molecule has 1 aromatic carbocycles. The minimum Gasteiger partial charge on any atom is -0.481 e. The zero-order valence-corrected chi connectivity index (χ0v) is 10.0. The molecular formula is C12H13NO5. The van der Waals surface area contributed by atoms with Gasteiger partial charge in [-0.15, -0.1) is 0 Å². The predicted octanol–water partition coefficient (Wildman–Crippen LogP) is 1.19. The molecule has 0 unspecified atom stereocenters. The van der Waals surface area contributed by atoms with Crippen LogP contribution in [0.5, 0.6) is 0 Å². The largest absolute Gasteiger partial charge is 0.481 e. The van der Waals surface area contributed by atoms with Gasteiger partial charge in [0.25, 0.3) is 0 Å². The number of carboxylic acids is 1. The summed E-state index contributed by atoms with van der Waals surface area (Å²) in [4.78, 5) is 33.2. The molecule has 96 valence electrons. The standard InChI is InChI=1S/C12H13NO5/c1-7-3-4-9(8(5-7)12(17)18-2)13-10(14)6-11(15)16/h3-5H,6H2,1-2H3,(H,13,14)(H,15,16). The summed E-state index contributed by atoms with van der Waals surface area (Å²) in [6.07, 6.45) is -0.658. The Bertz CT molecular complexity index is 495. The number of aryl methyl sites for hydroxylation is 1. The van der Waals surface area contributed by atoms with Gasteiger partial charge in [-0.05, 0) is 19.1 Å². The van der Waals surface area contributed by atoms with E-state index >= 15 is 0 Å². The second-order valence-corrected chi connectivity index (χ2v) is 3.66. The fourth-order valence-corrected chi connectivity index (χ4v) is 1.38. The Kier molecular flexibility index (Phi) is 4.42. The van der Waals surface area contributed by atoms with Crippen LogP contribution in [0.4, 0.5) is 5.69 Å². The number of anilines is 1. The van der Waals surface area contributed by atoms with Gasteiger partial charge in [-0.3, -0.25) is 9.59 Å². The molecule has 2 N–H and O–H groups in total. The van der Waals surface area contributed by atoms with E-state index < -0.39 is 24.3 Å². The molecule has 0 aliphatic rings. The molecule has 0 bridgehead atoms. The predicted molar refractivity (Wildman–Crippen MR) is 63.4 cm³/mol. The van der Waals surface area contributed by atoms with E-state index in [0.717, 1.165) is 5.56 Å². The third kappa shape index (κ3) is 3.58. The zero-order chi connectivity index (χ0) is 13.7. The van der Waals surface area contributed by atoms with Crippen molar-refractivity contribution in [3.8, 4) is 0 Å². The Morgan fingerprint density at radius 1 is 1.33 bits per heavy atom. The highest BCUT2D eigenvalue weighted by Gasteiger charge is 2.15. The Balaban J connectivity index is 2.98. The molecule has 18 heavy (non-hydrogen) atoms. The molecular weight excluding hydrogens is 238 g/mol. The van der Waals surface area contributed by atoms with Crippen LogP contribution >= 0.6 is 0 Å². The number of esters is 1. The highest BCUT2D eigenvalue weighted by molar-refractivity contribution is 6.05. The van der Waals surface area contributed by atoms with Gasteiger partial charge >= 0.3 is 11.9 Å². The van der Waals surface area contributed by atoms with E-state index in [1.165, 1.54) is 13.2 Å². The number of carbonyl (C=O) groups excluding carboxylic acids is 2. The number of ether oxygens (including phenoxy) is 1. The molecule has 6 heteroatoms. The number of methoxy groups -OCH3 is 1. The van der Waals surface area contributed by atoms with Crippen LogP contribution in [0.1, 0.15) is 22.3 Å². The van der Waals surface area contributed by atoms with Crippen LogP contribution in [0.15, 0.2) is 18.2 Å². The first-order valence-electron chi connectivity index (χ1n) is 5.14. The van der Waals surface area contributed by atoms with Crippen LogP contribution in [-0.4, -0.2) is 30.1 Å². The van der Waals surface area contributed by atoms with Gasteiger partial charge in [-0.25, -0.2) is 4.79 Å². The van der Waals surface area contributed by atoms with Gasteiger partial charge < -0.3 is 15.2 Å². The highest BCUT2D eigenvalue weighted by atomic mass is 16.5. The number of carboxylic acid groups (broad SMARTS) is 1. The van der Waals surface area contributed by atoms with Gasteiger partial charge in [0.05, 0.1) is 18.4 Å². The smallest absolute Gasteiger partial charge is 0.339 e. The summed E-state index contributed by atoms with van der Waals surface area (Å²) in [6.45, 7) is 1.79. The molecule has 6 nitrogen and oxygen atoms in total. The summed E-state index contributed by atoms with van der Waals surface area (Å²) in [5.74, 6) is -2.53. The van der Waals surface area contributed by atoms with Crippen molar-refractivity contribution in [3.63, 3.8) is 0 Å². The van der Waals surface area contributed by atoms with Crippen LogP contribution in [0.3, 0.4) is 0 Å². The Hall–Kier alpha value is -2.37. The van der Waals surface area contributed by atoms with Crippen LogP contribution in [0, 0.1) is 6.92 Å². The summed E-state index contributed by atoms with van der Waals surface area (Å²) in [5, 5.41) is 10.8. The van der Waals surface area contributed by atoms with Crippen LogP contribution in [0.25, 0.3) is 0 Å². The van der Waals surface area contributed by atoms with E-state index in [0.29, 0.717) is 0 Å². The van der Waals surface area contributed by atoms with Crippen LogP contribution < -0.4 is 5.32 Å². The lowest BCUT2D eigenvalue weighted by Gasteiger charge is -2.09. The normalized spacial score (nSPS) is 9.67. The minimum absolute atomic E-state index is 0.191. The quantitative estimate of drug-likeness (QED) is 0.619. The van der Waals surface area contributed by atoms with Gasteiger partial charge in [0.15, 0.2) is 0 Å². The molecule has 1 amide bonds. The third-order valence-corrected chi connectivity index (χ3v) is 2.17. The second kappa shape index (κ2) is 5.81. The summed E-state index contributed by atoms with van der Waals surface area (Å²) in [6, 6.07) is 4.78. The first-order chi connectivity index (χ1) is 8.43. The Labute approximate surface area is 104 Å². The van der Waals surface area contributed by atoms with Gasteiger partial charge in [-0.2, -0.15) is 0 Å². The molecule has 0 saturated heterocycles. The molecule has 0 aliphatic heterocycles. The lowest BCUT2D eigenvalue weighted by atomic mass is 10.1. The number of aliphatic carboxylic acids is 1. The van der Waals surface area contributed by atoms with Gasteiger partial charge in [0.2, 0.25) is 5.91 Å². The number of rotatable bonds is 4. The molecule has 0 aliphatic carbocycles. The monoisotopic (exact) mass is 251 g/mol. The maximum atomic E-state index is 11.5. The SMILES string of the molecule is COC(=O)c1cc(C)ccc1NC(=O)CC(=O)O. The number of amides is 1. The zero-order valence-electron chi connectivity index (χ0n) is 10.0. The molecule has 0 aromatic heterocycles. The summed E-state index contributed by atoms with van der Waals surface area (Å²) in [5.41, 5.74) is 1.25. The number of hydrogen-bond donors (Lipinski definition) is 2. The maximum absolute atomic E-state index is 11.5. The van der Waals surface area contributed by atoms with E-state index in [9.17, 15) is 14.4 Å². The second-order valence-electron chi connectivity index (χ2n) is 3.66. The van der Waals surface area contributed by atoms with Gasteiger partial charge in [0, 0.05) is 0 Å².